The Hall–Kier alpha value is -1.59. The standard InChI is InChI=1S/C17H27N3O2/c1-4-22-16-11-14(17(21)19-13(2)3)5-6-15(16)12-20-9-7-18-8-10-20/h5-6,11,13,18H,4,7-10,12H2,1-3H3,(H,19,21). The van der Waals surface area contributed by atoms with Crippen LogP contribution in [0.25, 0.3) is 0 Å². The van der Waals surface area contributed by atoms with Crippen LogP contribution < -0.4 is 15.4 Å². The topological polar surface area (TPSA) is 53.6 Å². The average Bonchev–Trinajstić information content (AvgIpc) is 2.49. The Kier molecular flexibility index (Phi) is 6.21. The summed E-state index contributed by atoms with van der Waals surface area (Å²) in [5.74, 6) is 0.766. The fraction of sp³-hybridized carbons (Fsp3) is 0.588. The summed E-state index contributed by atoms with van der Waals surface area (Å²) in [7, 11) is 0. The lowest BCUT2D eigenvalue weighted by Gasteiger charge is -2.28. The number of ether oxygens (including phenoxy) is 1. The highest BCUT2D eigenvalue weighted by Crippen LogP contribution is 2.23. The van der Waals surface area contributed by atoms with E-state index in [0.717, 1.165) is 44.0 Å². The van der Waals surface area contributed by atoms with Crippen molar-refractivity contribution in [2.75, 3.05) is 32.8 Å². The first-order valence-electron chi connectivity index (χ1n) is 8.09. The smallest absolute Gasteiger partial charge is 0.251 e. The van der Waals surface area contributed by atoms with Gasteiger partial charge in [0.15, 0.2) is 0 Å². The van der Waals surface area contributed by atoms with Crippen molar-refractivity contribution >= 4 is 5.91 Å². The van der Waals surface area contributed by atoms with Crippen LogP contribution in [0.1, 0.15) is 36.7 Å². The summed E-state index contributed by atoms with van der Waals surface area (Å²) in [5, 5.41) is 6.27. The molecule has 1 heterocycles. The number of benzene rings is 1. The van der Waals surface area contributed by atoms with Gasteiger partial charge in [0, 0.05) is 49.9 Å². The summed E-state index contributed by atoms with van der Waals surface area (Å²) in [6.07, 6.45) is 0. The van der Waals surface area contributed by atoms with Gasteiger partial charge in [0.05, 0.1) is 6.61 Å². The molecular weight excluding hydrogens is 278 g/mol. The van der Waals surface area contributed by atoms with E-state index in [2.05, 4.69) is 15.5 Å². The van der Waals surface area contributed by atoms with Crippen molar-refractivity contribution in [1.29, 1.82) is 0 Å². The van der Waals surface area contributed by atoms with Gasteiger partial charge in [0.2, 0.25) is 0 Å². The second-order valence-corrected chi connectivity index (χ2v) is 5.91. The Bertz CT molecular complexity index is 497. The Balaban J connectivity index is 2.13. The van der Waals surface area contributed by atoms with Crippen molar-refractivity contribution in [3.63, 3.8) is 0 Å². The van der Waals surface area contributed by atoms with Crippen LogP contribution in [0.5, 0.6) is 5.75 Å². The molecule has 0 spiro atoms. The fourth-order valence-electron chi connectivity index (χ4n) is 2.57. The summed E-state index contributed by atoms with van der Waals surface area (Å²) in [4.78, 5) is 14.5. The van der Waals surface area contributed by atoms with E-state index in [1.54, 1.807) is 0 Å². The van der Waals surface area contributed by atoms with E-state index in [1.165, 1.54) is 0 Å². The Morgan fingerprint density at radius 3 is 2.73 bits per heavy atom. The Morgan fingerprint density at radius 2 is 2.09 bits per heavy atom. The van der Waals surface area contributed by atoms with Crippen LogP contribution in [0.4, 0.5) is 0 Å². The number of amides is 1. The van der Waals surface area contributed by atoms with E-state index >= 15 is 0 Å². The van der Waals surface area contributed by atoms with Crippen molar-refractivity contribution in [1.82, 2.24) is 15.5 Å². The van der Waals surface area contributed by atoms with E-state index in [-0.39, 0.29) is 11.9 Å². The first-order valence-corrected chi connectivity index (χ1v) is 8.09. The van der Waals surface area contributed by atoms with Gasteiger partial charge in [-0.2, -0.15) is 0 Å². The van der Waals surface area contributed by atoms with E-state index in [9.17, 15) is 4.79 Å². The fourth-order valence-corrected chi connectivity index (χ4v) is 2.57. The molecule has 1 aromatic rings. The van der Waals surface area contributed by atoms with E-state index in [4.69, 9.17) is 4.74 Å². The maximum Gasteiger partial charge on any atom is 0.251 e. The molecule has 2 N–H and O–H groups in total. The number of carbonyl (C=O) groups excluding carboxylic acids is 1. The zero-order valence-electron chi connectivity index (χ0n) is 13.8. The molecule has 5 heteroatoms. The highest BCUT2D eigenvalue weighted by molar-refractivity contribution is 5.94. The van der Waals surface area contributed by atoms with Gasteiger partial charge in [-0.25, -0.2) is 0 Å². The van der Waals surface area contributed by atoms with E-state index in [1.807, 2.05) is 39.0 Å². The van der Waals surface area contributed by atoms with Gasteiger partial charge in [0.25, 0.3) is 5.91 Å². The lowest BCUT2D eigenvalue weighted by Crippen LogP contribution is -2.42. The van der Waals surface area contributed by atoms with Gasteiger partial charge < -0.3 is 15.4 Å². The highest BCUT2D eigenvalue weighted by atomic mass is 16.5. The zero-order chi connectivity index (χ0) is 15.9. The third kappa shape index (κ3) is 4.71. The van der Waals surface area contributed by atoms with Gasteiger partial charge in [-0.15, -0.1) is 0 Å². The summed E-state index contributed by atoms with van der Waals surface area (Å²) in [6.45, 7) is 11.5. The van der Waals surface area contributed by atoms with Crippen LogP contribution in [-0.2, 0) is 6.54 Å². The maximum absolute atomic E-state index is 12.1. The van der Waals surface area contributed by atoms with Gasteiger partial charge >= 0.3 is 0 Å². The largest absolute Gasteiger partial charge is 0.494 e. The second-order valence-electron chi connectivity index (χ2n) is 5.91. The minimum atomic E-state index is -0.0512. The monoisotopic (exact) mass is 305 g/mol. The molecular formula is C17H27N3O2. The van der Waals surface area contributed by atoms with Crippen molar-refractivity contribution < 1.29 is 9.53 Å². The first kappa shape index (κ1) is 16.8. The molecule has 1 fully saturated rings. The average molecular weight is 305 g/mol. The molecule has 2 rings (SSSR count). The van der Waals surface area contributed by atoms with Gasteiger partial charge in [-0.3, -0.25) is 9.69 Å². The van der Waals surface area contributed by atoms with Crippen LogP contribution in [0.15, 0.2) is 18.2 Å². The molecule has 0 aromatic heterocycles. The molecule has 122 valence electrons. The van der Waals surface area contributed by atoms with Crippen molar-refractivity contribution in [3.05, 3.63) is 29.3 Å². The number of nitrogens with one attached hydrogen (secondary N) is 2. The number of carbonyl (C=O) groups is 1. The molecule has 1 amide bonds. The molecule has 1 aliphatic heterocycles. The van der Waals surface area contributed by atoms with Crippen molar-refractivity contribution in [3.8, 4) is 5.75 Å². The van der Waals surface area contributed by atoms with E-state index < -0.39 is 0 Å². The third-order valence-corrected chi connectivity index (χ3v) is 3.65. The third-order valence-electron chi connectivity index (χ3n) is 3.65. The van der Waals surface area contributed by atoms with Crippen LogP contribution in [0, 0.1) is 0 Å². The van der Waals surface area contributed by atoms with Crippen molar-refractivity contribution in [2.24, 2.45) is 0 Å². The van der Waals surface area contributed by atoms with Gasteiger partial charge in [-0.05, 0) is 32.9 Å². The lowest BCUT2D eigenvalue weighted by molar-refractivity contribution is 0.0942. The van der Waals surface area contributed by atoms with Crippen LogP contribution in [0.3, 0.4) is 0 Å². The number of rotatable bonds is 6. The van der Waals surface area contributed by atoms with Crippen LogP contribution >= 0.6 is 0 Å². The summed E-state index contributed by atoms with van der Waals surface area (Å²) in [6, 6.07) is 5.89. The molecule has 5 nitrogen and oxygen atoms in total. The normalized spacial score (nSPS) is 15.8. The van der Waals surface area contributed by atoms with Gasteiger partial charge in [0.1, 0.15) is 5.75 Å². The minimum absolute atomic E-state index is 0.0512. The molecule has 22 heavy (non-hydrogen) atoms. The second kappa shape index (κ2) is 8.15. The predicted octanol–water partition coefficient (Wildman–Crippen LogP) is 1.63. The van der Waals surface area contributed by atoms with E-state index in [0.29, 0.717) is 12.2 Å². The zero-order valence-corrected chi connectivity index (χ0v) is 13.8. The maximum atomic E-state index is 12.1. The highest BCUT2D eigenvalue weighted by Gasteiger charge is 2.15. The molecule has 0 radical (unpaired) electrons. The quantitative estimate of drug-likeness (QED) is 0.839. The van der Waals surface area contributed by atoms with Crippen LogP contribution in [-0.4, -0.2) is 49.6 Å². The lowest BCUT2D eigenvalue weighted by atomic mass is 10.1. The predicted molar refractivity (Wildman–Crippen MR) is 88.4 cm³/mol. The molecule has 0 atom stereocenters. The molecule has 1 aliphatic rings. The molecule has 1 saturated heterocycles. The Morgan fingerprint density at radius 1 is 1.36 bits per heavy atom. The summed E-state index contributed by atoms with van der Waals surface area (Å²) < 4.78 is 5.75. The molecule has 0 bridgehead atoms. The number of nitrogens with zero attached hydrogens (tertiary/aromatic N) is 1. The number of hydrogen-bond acceptors (Lipinski definition) is 4. The summed E-state index contributed by atoms with van der Waals surface area (Å²) in [5.41, 5.74) is 1.80. The number of hydrogen-bond donors (Lipinski definition) is 2. The molecule has 1 aromatic carbocycles. The van der Waals surface area contributed by atoms with Gasteiger partial charge in [-0.1, -0.05) is 6.07 Å². The van der Waals surface area contributed by atoms with Crippen LogP contribution in [0.2, 0.25) is 0 Å². The summed E-state index contributed by atoms with van der Waals surface area (Å²) >= 11 is 0. The Labute approximate surface area is 133 Å². The van der Waals surface area contributed by atoms with Crippen molar-refractivity contribution in [2.45, 2.75) is 33.4 Å². The minimum Gasteiger partial charge on any atom is -0.494 e. The molecule has 0 unspecified atom stereocenters. The first-order chi connectivity index (χ1) is 10.6. The SMILES string of the molecule is CCOc1cc(C(=O)NC(C)C)ccc1CN1CCNCC1. The molecule has 0 saturated carbocycles. The number of piperazine rings is 1. The molecule has 0 aliphatic carbocycles.